The van der Waals surface area contributed by atoms with E-state index in [1.807, 2.05) is 13.7 Å². The van der Waals surface area contributed by atoms with E-state index in [1.165, 1.54) is 22.9 Å². The van der Waals surface area contributed by atoms with Crippen molar-refractivity contribution in [1.29, 1.82) is 0 Å². The molecule has 0 radical (unpaired) electrons. The first-order valence-corrected chi connectivity index (χ1v) is 17.7. The fraction of sp³-hybridized carbons (Fsp3) is 0.500. The number of nitrogens with two attached hydrogens (primary N) is 2. The van der Waals surface area contributed by atoms with Crippen molar-refractivity contribution in [3.05, 3.63) is 64.3 Å². The zero-order valence-corrected chi connectivity index (χ0v) is 31.4. The van der Waals surface area contributed by atoms with E-state index in [0.717, 1.165) is 66.1 Å². The van der Waals surface area contributed by atoms with Gasteiger partial charge in [0, 0.05) is 34.8 Å². The van der Waals surface area contributed by atoms with E-state index < -0.39 is 6.29 Å². The lowest BCUT2D eigenvalue weighted by atomic mass is 9.64. The van der Waals surface area contributed by atoms with Gasteiger partial charge in [-0.05, 0) is 110 Å². The summed E-state index contributed by atoms with van der Waals surface area (Å²) in [6.07, 6.45) is 2.91. The number of carbonyl (C=O) groups is 2. The fourth-order valence-electron chi connectivity index (χ4n) is 6.67. The Kier molecular flexibility index (Phi) is 14.8. The molecule has 3 unspecified atom stereocenters. The Morgan fingerprint density at radius 2 is 1.81 bits per heavy atom. The molecule has 0 spiro atoms. The number of benzene rings is 2. The number of ether oxygens (including phenoxy) is 3. The quantitative estimate of drug-likeness (QED) is 0.136. The first kappa shape index (κ1) is 42.0. The summed E-state index contributed by atoms with van der Waals surface area (Å²) < 4.78 is 41.4. The molecule has 52 heavy (non-hydrogen) atoms. The molecule has 1 aliphatic heterocycles. The lowest BCUT2D eigenvalue weighted by Gasteiger charge is -2.41. The van der Waals surface area contributed by atoms with Crippen LogP contribution in [0.5, 0.6) is 17.2 Å². The zero-order valence-electron chi connectivity index (χ0n) is 31.4. The average molecular weight is 725 g/mol. The van der Waals surface area contributed by atoms with E-state index in [-0.39, 0.29) is 35.8 Å². The van der Waals surface area contributed by atoms with E-state index >= 15 is 0 Å². The monoisotopic (exact) mass is 724 g/mol. The molecule has 0 bridgehead atoms. The van der Waals surface area contributed by atoms with E-state index in [4.69, 9.17) is 30.0 Å². The van der Waals surface area contributed by atoms with Crippen molar-refractivity contribution in [2.75, 3.05) is 20.3 Å². The molecule has 3 aromatic rings. The standard InChI is InChI=1S/C21H22F2N2O3.C17H27NO.CH3NO.CH2O/c1-20(10-26)8-13-15(20)7-16(14(9-24)11-2-3-11)25-19(13)12-4-5-17-18(6-12)28-21(22,23)27-17;1-7-9-15(13(4)8-2)18-17-14(5)10-12(3)11-16(17)19-6;2-1-3;1-2/h4-7,11,14,26H,2-3,8-10,24H2,1H3;10-11,13H,7-9H2,1-6H3;1H,(H2,2,3);1H2. The van der Waals surface area contributed by atoms with E-state index in [2.05, 4.69) is 68.0 Å². The predicted octanol–water partition coefficient (Wildman–Crippen LogP) is 7.48. The second-order valence-corrected chi connectivity index (χ2v) is 13.8. The largest absolute Gasteiger partial charge is 0.586 e. The van der Waals surface area contributed by atoms with Gasteiger partial charge >= 0.3 is 6.29 Å². The van der Waals surface area contributed by atoms with Crippen LogP contribution in [0.3, 0.4) is 0 Å². The van der Waals surface area contributed by atoms with Crippen LogP contribution in [0.25, 0.3) is 11.3 Å². The molecule has 284 valence electrons. The van der Waals surface area contributed by atoms with Gasteiger partial charge in [0.15, 0.2) is 11.5 Å². The number of amides is 1. The predicted molar refractivity (Wildman–Crippen MR) is 200 cm³/mol. The number of aryl methyl sites for hydroxylation is 2. The van der Waals surface area contributed by atoms with E-state index in [0.29, 0.717) is 30.4 Å². The van der Waals surface area contributed by atoms with Crippen LogP contribution in [0, 0.1) is 25.7 Å². The second kappa shape index (κ2) is 18.4. The summed E-state index contributed by atoms with van der Waals surface area (Å²) in [5.74, 6) is 2.15. The summed E-state index contributed by atoms with van der Waals surface area (Å²) in [6, 6.07) is 11.1. The number of rotatable bonds is 11. The molecule has 1 aromatic heterocycles. The molecule has 2 aromatic carbocycles. The van der Waals surface area contributed by atoms with Crippen molar-refractivity contribution < 1.29 is 37.7 Å². The van der Waals surface area contributed by atoms with Crippen molar-refractivity contribution in [2.45, 2.75) is 97.7 Å². The van der Waals surface area contributed by atoms with Crippen LogP contribution in [0.4, 0.5) is 14.5 Å². The summed E-state index contributed by atoms with van der Waals surface area (Å²) in [5.41, 5.74) is 19.1. The Morgan fingerprint density at radius 3 is 2.37 bits per heavy atom. The van der Waals surface area contributed by atoms with Crippen LogP contribution in [0.2, 0.25) is 0 Å². The maximum Gasteiger partial charge on any atom is 0.586 e. The molecular weight excluding hydrogens is 670 g/mol. The lowest BCUT2D eigenvalue weighted by molar-refractivity contribution is -0.286. The van der Waals surface area contributed by atoms with Gasteiger partial charge in [0.2, 0.25) is 6.41 Å². The van der Waals surface area contributed by atoms with Crippen LogP contribution in [0.1, 0.15) is 93.7 Å². The summed E-state index contributed by atoms with van der Waals surface area (Å²) in [5, 5.41) is 9.88. The number of hydrogen-bond donors (Lipinski definition) is 3. The summed E-state index contributed by atoms with van der Waals surface area (Å²) in [7, 11) is 1.72. The molecule has 6 rings (SSSR count). The maximum atomic E-state index is 13.4. The highest BCUT2D eigenvalue weighted by molar-refractivity contribution is 5.90. The van der Waals surface area contributed by atoms with Gasteiger partial charge in [-0.1, -0.05) is 40.2 Å². The van der Waals surface area contributed by atoms with Crippen molar-refractivity contribution in [1.82, 2.24) is 4.98 Å². The molecule has 3 atom stereocenters. The number of aromatic nitrogens is 1. The highest BCUT2D eigenvalue weighted by atomic mass is 19.3. The first-order chi connectivity index (χ1) is 24.8. The molecule has 1 amide bonds. The number of primary amides is 1. The number of fused-ring (bicyclic) bond motifs is 2. The van der Waals surface area contributed by atoms with Gasteiger partial charge in [0.05, 0.1) is 19.4 Å². The van der Waals surface area contributed by atoms with Gasteiger partial charge in [0.25, 0.3) is 0 Å². The van der Waals surface area contributed by atoms with Crippen molar-refractivity contribution in [2.24, 2.45) is 28.3 Å². The number of halogens is 2. The zero-order chi connectivity index (χ0) is 38.8. The topological polar surface area (TPSA) is 159 Å². The number of hydrogen-bond acceptors (Lipinski definition) is 9. The Labute approximate surface area is 306 Å². The third-order valence-electron chi connectivity index (χ3n) is 9.78. The minimum absolute atomic E-state index is 0.00487. The normalized spacial score (nSPS) is 18.8. The third kappa shape index (κ3) is 9.71. The third-order valence-corrected chi connectivity index (χ3v) is 9.78. The molecule has 2 heterocycles. The molecule has 5 N–H and O–H groups in total. The summed E-state index contributed by atoms with van der Waals surface area (Å²) >= 11 is 0. The van der Waals surface area contributed by atoms with Gasteiger partial charge in [-0.15, -0.1) is 8.78 Å². The minimum Gasteiger partial charge on any atom is -0.494 e. The number of methoxy groups -OCH3 is 1. The Balaban J connectivity index is 0.000000266. The van der Waals surface area contributed by atoms with Gasteiger partial charge in [0.1, 0.15) is 18.2 Å². The average Bonchev–Trinajstić information content (AvgIpc) is 3.90. The first-order valence-electron chi connectivity index (χ1n) is 17.7. The second-order valence-electron chi connectivity index (χ2n) is 13.8. The number of aliphatic hydroxyl groups excluding tert-OH is 1. The number of aliphatic hydroxyl groups is 1. The van der Waals surface area contributed by atoms with E-state index in [1.54, 1.807) is 19.2 Å². The minimum atomic E-state index is -3.65. The maximum absolute atomic E-state index is 13.4. The number of pyridine rings is 1. The van der Waals surface area contributed by atoms with Crippen molar-refractivity contribution in [3.63, 3.8) is 0 Å². The molecule has 2 aliphatic carbocycles. The highest BCUT2D eigenvalue weighted by Gasteiger charge is 2.45. The molecule has 1 saturated carbocycles. The van der Waals surface area contributed by atoms with Crippen molar-refractivity contribution >= 4 is 24.6 Å². The van der Waals surface area contributed by atoms with Gasteiger partial charge in [-0.3, -0.25) is 14.8 Å². The van der Waals surface area contributed by atoms with Crippen LogP contribution in [0.15, 0.2) is 41.4 Å². The van der Waals surface area contributed by atoms with Gasteiger partial charge in [-0.2, -0.15) is 0 Å². The highest BCUT2D eigenvalue weighted by Crippen LogP contribution is 2.50. The van der Waals surface area contributed by atoms with Crippen LogP contribution in [-0.2, 0) is 21.4 Å². The van der Waals surface area contributed by atoms with Crippen molar-refractivity contribution in [3.8, 4) is 28.5 Å². The SMILES string of the molecule is C=O.CC1(CO)Cc2c1cc(C(CN)C1CC1)nc2-c1ccc2c(c1)OC(F)(F)O2.CCCC(=Nc1c(C)cc(C)cc1OC)C(C)CC.NC=O. The van der Waals surface area contributed by atoms with Crippen LogP contribution >= 0.6 is 0 Å². The lowest BCUT2D eigenvalue weighted by Crippen LogP contribution is -2.40. The molecule has 0 saturated heterocycles. The Bertz CT molecular complexity index is 1710. The summed E-state index contributed by atoms with van der Waals surface area (Å²) in [4.78, 5) is 26.4. The fourth-order valence-corrected chi connectivity index (χ4v) is 6.67. The van der Waals surface area contributed by atoms with E-state index in [9.17, 15) is 13.9 Å². The van der Waals surface area contributed by atoms with Crippen LogP contribution in [-0.4, -0.2) is 55.6 Å². The smallest absolute Gasteiger partial charge is 0.494 e. The summed E-state index contributed by atoms with van der Waals surface area (Å²) in [6.45, 7) is 15.5. The Hall–Kier alpha value is -4.42. The van der Waals surface area contributed by atoms with Gasteiger partial charge < -0.3 is 35.6 Å². The Morgan fingerprint density at radius 1 is 1.15 bits per heavy atom. The molecule has 1 fully saturated rings. The molecule has 10 nitrogen and oxygen atoms in total. The van der Waals surface area contributed by atoms with Crippen LogP contribution < -0.4 is 25.7 Å². The number of alkyl halides is 2. The molecule has 3 aliphatic rings. The molecular formula is C40H54F2N4O6. The number of nitrogens with zero attached hydrogens (tertiary/aromatic N) is 2. The van der Waals surface area contributed by atoms with Gasteiger partial charge in [-0.25, -0.2) is 0 Å². The molecule has 12 heteroatoms. The number of carbonyl (C=O) groups excluding carboxylic acids is 2. The number of aliphatic imine (C=N–C) groups is 1.